The molecule has 0 fully saturated rings. The first-order valence-corrected chi connectivity index (χ1v) is 9.97. The lowest BCUT2D eigenvalue weighted by Gasteiger charge is -2.18. The van der Waals surface area contributed by atoms with Crippen molar-refractivity contribution in [1.82, 2.24) is 4.31 Å². The summed E-state index contributed by atoms with van der Waals surface area (Å²) in [6.07, 6.45) is 0. The van der Waals surface area contributed by atoms with Crippen LogP contribution in [0, 0.1) is 6.92 Å². The summed E-state index contributed by atoms with van der Waals surface area (Å²) in [4.78, 5) is 0.277. The van der Waals surface area contributed by atoms with E-state index in [1.807, 2.05) is 45.0 Å². The molecule has 0 radical (unpaired) electrons. The minimum absolute atomic E-state index is 0.277. The van der Waals surface area contributed by atoms with Gasteiger partial charge in [0.1, 0.15) is 0 Å². The summed E-state index contributed by atoms with van der Waals surface area (Å²) in [5.74, 6) is 0. The minimum atomic E-state index is -3.44. The first kappa shape index (κ1) is 19.4. The zero-order valence-corrected chi connectivity index (χ0v) is 16.2. The Morgan fingerprint density at radius 2 is 1.60 bits per heavy atom. The molecule has 5 nitrogen and oxygen atoms in total. The number of thiocarbonyl (C=S) groups is 1. The fraction of sp³-hybridized carbons (Fsp3) is 0.278. The lowest BCUT2D eigenvalue weighted by molar-refractivity contribution is 0.445. The van der Waals surface area contributed by atoms with Crippen molar-refractivity contribution in [3.63, 3.8) is 0 Å². The molecule has 0 heterocycles. The van der Waals surface area contributed by atoms with Gasteiger partial charge in [0.2, 0.25) is 10.0 Å². The van der Waals surface area contributed by atoms with E-state index in [9.17, 15) is 8.42 Å². The molecule has 0 saturated heterocycles. The summed E-state index contributed by atoms with van der Waals surface area (Å²) in [5, 5.41) is 6.65. The average Bonchev–Trinajstić information content (AvgIpc) is 2.58. The highest BCUT2D eigenvalue weighted by Crippen LogP contribution is 2.19. The number of hydrogen-bond acceptors (Lipinski definition) is 3. The van der Waals surface area contributed by atoms with Crippen molar-refractivity contribution in [1.29, 1.82) is 0 Å². The van der Waals surface area contributed by atoms with E-state index >= 15 is 0 Å². The maximum absolute atomic E-state index is 12.5. The molecule has 0 aliphatic rings. The van der Waals surface area contributed by atoms with Crippen molar-refractivity contribution in [2.45, 2.75) is 25.7 Å². The number of benzene rings is 2. The van der Waals surface area contributed by atoms with Gasteiger partial charge in [-0.25, -0.2) is 8.42 Å². The van der Waals surface area contributed by atoms with Crippen LogP contribution >= 0.6 is 12.2 Å². The number of para-hydroxylation sites is 1. The van der Waals surface area contributed by atoms with Crippen molar-refractivity contribution >= 4 is 38.7 Å². The molecular weight excluding hydrogens is 354 g/mol. The average molecular weight is 378 g/mol. The van der Waals surface area contributed by atoms with Gasteiger partial charge in [0, 0.05) is 24.5 Å². The third kappa shape index (κ3) is 4.78. The van der Waals surface area contributed by atoms with E-state index in [-0.39, 0.29) is 4.90 Å². The number of hydrogen-bond donors (Lipinski definition) is 2. The highest BCUT2D eigenvalue weighted by atomic mass is 32.2. The van der Waals surface area contributed by atoms with Crippen LogP contribution in [0.25, 0.3) is 0 Å². The van der Waals surface area contributed by atoms with E-state index in [0.29, 0.717) is 18.2 Å². The van der Waals surface area contributed by atoms with Crippen molar-refractivity contribution in [2.24, 2.45) is 0 Å². The Morgan fingerprint density at radius 1 is 1.00 bits per heavy atom. The summed E-state index contributed by atoms with van der Waals surface area (Å²) in [7, 11) is -3.44. The predicted octanol–water partition coefficient (Wildman–Crippen LogP) is 3.83. The van der Waals surface area contributed by atoms with Gasteiger partial charge in [0.25, 0.3) is 0 Å². The van der Waals surface area contributed by atoms with Crippen LogP contribution in [0.2, 0.25) is 0 Å². The van der Waals surface area contributed by atoms with Crippen LogP contribution in [0.4, 0.5) is 11.4 Å². The van der Waals surface area contributed by atoms with Gasteiger partial charge in [0.15, 0.2) is 5.11 Å². The first-order chi connectivity index (χ1) is 11.9. The van der Waals surface area contributed by atoms with Gasteiger partial charge in [-0.3, -0.25) is 0 Å². The van der Waals surface area contributed by atoms with Crippen LogP contribution in [0.5, 0.6) is 0 Å². The van der Waals surface area contributed by atoms with Crippen molar-refractivity contribution in [3.8, 4) is 0 Å². The van der Waals surface area contributed by atoms with Gasteiger partial charge in [0.05, 0.1) is 4.90 Å². The second-order valence-electron chi connectivity index (χ2n) is 5.51. The van der Waals surface area contributed by atoms with Gasteiger partial charge in [-0.1, -0.05) is 32.0 Å². The Morgan fingerprint density at radius 3 is 2.16 bits per heavy atom. The number of nitrogens with zero attached hydrogens (tertiary/aromatic N) is 1. The van der Waals surface area contributed by atoms with Crippen LogP contribution < -0.4 is 10.6 Å². The van der Waals surface area contributed by atoms with E-state index in [0.717, 1.165) is 16.9 Å². The van der Waals surface area contributed by atoms with Gasteiger partial charge < -0.3 is 10.6 Å². The Kier molecular flexibility index (Phi) is 6.52. The molecule has 0 aliphatic heterocycles. The Hall–Kier alpha value is -1.96. The minimum Gasteiger partial charge on any atom is -0.332 e. The predicted molar refractivity (Wildman–Crippen MR) is 108 cm³/mol. The normalized spacial score (nSPS) is 11.4. The molecule has 0 atom stereocenters. The summed E-state index contributed by atoms with van der Waals surface area (Å²) >= 11 is 5.31. The van der Waals surface area contributed by atoms with Gasteiger partial charge >= 0.3 is 0 Å². The number of sulfonamides is 1. The van der Waals surface area contributed by atoms with E-state index in [1.54, 1.807) is 24.3 Å². The van der Waals surface area contributed by atoms with E-state index in [2.05, 4.69) is 10.6 Å². The summed E-state index contributed by atoms with van der Waals surface area (Å²) in [6, 6.07) is 14.4. The number of anilines is 2. The maximum Gasteiger partial charge on any atom is 0.243 e. The fourth-order valence-corrected chi connectivity index (χ4v) is 4.11. The molecule has 0 amide bonds. The second kappa shape index (κ2) is 8.42. The molecule has 25 heavy (non-hydrogen) atoms. The quantitative estimate of drug-likeness (QED) is 0.749. The van der Waals surface area contributed by atoms with E-state index in [1.165, 1.54) is 4.31 Å². The van der Waals surface area contributed by atoms with Crippen LogP contribution in [0.3, 0.4) is 0 Å². The van der Waals surface area contributed by atoms with Crippen molar-refractivity contribution in [2.75, 3.05) is 23.7 Å². The Labute approximate surface area is 155 Å². The molecule has 7 heteroatoms. The van der Waals surface area contributed by atoms with Crippen LogP contribution in [0.15, 0.2) is 53.4 Å². The van der Waals surface area contributed by atoms with Crippen molar-refractivity contribution < 1.29 is 8.42 Å². The van der Waals surface area contributed by atoms with E-state index < -0.39 is 10.0 Å². The topological polar surface area (TPSA) is 61.4 Å². The zero-order valence-electron chi connectivity index (χ0n) is 14.6. The Balaban J connectivity index is 2.08. The van der Waals surface area contributed by atoms with Gasteiger partial charge in [-0.05, 0) is 55.0 Å². The molecule has 0 saturated carbocycles. The standard InChI is InChI=1S/C18H23N3O2S2/c1-4-21(5-2)25(22,23)16-12-10-15(11-13-16)19-18(24)20-17-9-7-6-8-14(17)3/h6-13H,4-5H2,1-3H3,(H2,19,20,24). The number of aryl methyl sites for hydroxylation is 1. The molecule has 0 aromatic heterocycles. The highest BCUT2D eigenvalue weighted by Gasteiger charge is 2.21. The SMILES string of the molecule is CCN(CC)S(=O)(=O)c1ccc(NC(=S)Nc2ccccc2C)cc1. The molecule has 0 spiro atoms. The fourth-order valence-electron chi connectivity index (χ4n) is 2.42. The molecule has 2 aromatic carbocycles. The molecule has 2 aromatic rings. The molecule has 2 rings (SSSR count). The first-order valence-electron chi connectivity index (χ1n) is 8.12. The largest absolute Gasteiger partial charge is 0.332 e. The smallest absolute Gasteiger partial charge is 0.243 e. The number of nitrogens with one attached hydrogen (secondary N) is 2. The van der Waals surface area contributed by atoms with Crippen LogP contribution in [0.1, 0.15) is 19.4 Å². The Bertz CT molecular complexity index is 830. The lowest BCUT2D eigenvalue weighted by Crippen LogP contribution is -2.30. The maximum atomic E-state index is 12.5. The van der Waals surface area contributed by atoms with Gasteiger partial charge in [-0.2, -0.15) is 4.31 Å². The number of rotatable bonds is 6. The van der Waals surface area contributed by atoms with Gasteiger partial charge in [-0.15, -0.1) is 0 Å². The second-order valence-corrected chi connectivity index (χ2v) is 7.85. The summed E-state index contributed by atoms with van der Waals surface area (Å²) < 4.78 is 26.4. The molecule has 134 valence electrons. The third-order valence-electron chi connectivity index (χ3n) is 3.85. The van der Waals surface area contributed by atoms with Crippen molar-refractivity contribution in [3.05, 3.63) is 54.1 Å². The highest BCUT2D eigenvalue weighted by molar-refractivity contribution is 7.89. The summed E-state index contributed by atoms with van der Waals surface area (Å²) in [5.41, 5.74) is 2.75. The molecular formula is C18H23N3O2S2. The van der Waals surface area contributed by atoms with Crippen LogP contribution in [-0.4, -0.2) is 30.9 Å². The zero-order chi connectivity index (χ0) is 18.4. The molecule has 0 unspecified atom stereocenters. The van der Waals surface area contributed by atoms with Crippen LogP contribution in [-0.2, 0) is 10.0 Å². The molecule has 0 aliphatic carbocycles. The third-order valence-corrected chi connectivity index (χ3v) is 6.12. The lowest BCUT2D eigenvalue weighted by atomic mass is 10.2. The monoisotopic (exact) mass is 377 g/mol. The summed E-state index contributed by atoms with van der Waals surface area (Å²) in [6.45, 7) is 6.55. The molecule has 2 N–H and O–H groups in total. The van der Waals surface area contributed by atoms with E-state index in [4.69, 9.17) is 12.2 Å². The molecule has 0 bridgehead atoms.